The van der Waals surface area contributed by atoms with Crippen molar-refractivity contribution in [3.8, 4) is 0 Å². The van der Waals surface area contributed by atoms with E-state index in [4.69, 9.17) is 5.73 Å². The van der Waals surface area contributed by atoms with E-state index >= 15 is 0 Å². The van der Waals surface area contributed by atoms with Crippen LogP contribution < -0.4 is 5.73 Å². The van der Waals surface area contributed by atoms with Crippen LogP contribution >= 0.6 is 0 Å². The Morgan fingerprint density at radius 2 is 1.81 bits per heavy atom. The van der Waals surface area contributed by atoms with Crippen molar-refractivity contribution in [3.63, 3.8) is 0 Å². The van der Waals surface area contributed by atoms with Crippen molar-refractivity contribution < 1.29 is 0 Å². The lowest BCUT2D eigenvalue weighted by atomic mass is 9.99. The highest BCUT2D eigenvalue weighted by Gasteiger charge is 2.10. The van der Waals surface area contributed by atoms with Gasteiger partial charge in [-0.15, -0.1) is 0 Å². The average Bonchev–Trinajstić information content (AvgIpc) is 2.95. The molecule has 3 rings (SSSR count). The molecule has 1 atom stereocenters. The summed E-state index contributed by atoms with van der Waals surface area (Å²) in [6.07, 6.45) is 2.78. The summed E-state index contributed by atoms with van der Waals surface area (Å²) in [6.45, 7) is 4.25. The van der Waals surface area contributed by atoms with E-state index in [0.29, 0.717) is 6.04 Å². The molecule has 0 aliphatic heterocycles. The third-order valence-corrected chi connectivity index (χ3v) is 3.82. The number of benzene rings is 2. The first-order valence-electron chi connectivity index (χ1n) is 7.42. The van der Waals surface area contributed by atoms with Crippen LogP contribution in [0.15, 0.2) is 54.7 Å². The largest absolute Gasteiger partial charge is 0.324 e. The highest BCUT2D eigenvalue weighted by Crippen LogP contribution is 2.21. The summed E-state index contributed by atoms with van der Waals surface area (Å²) >= 11 is 0. The third-order valence-electron chi connectivity index (χ3n) is 3.82. The smallest absolute Gasteiger partial charge is 0.0643 e. The zero-order valence-corrected chi connectivity index (χ0v) is 12.5. The Hall–Kier alpha value is -2.13. The molecule has 0 aliphatic rings. The van der Waals surface area contributed by atoms with Gasteiger partial charge in [-0.3, -0.25) is 4.68 Å². The van der Waals surface area contributed by atoms with E-state index in [-0.39, 0.29) is 6.04 Å². The summed E-state index contributed by atoms with van der Waals surface area (Å²) in [4.78, 5) is 0. The van der Waals surface area contributed by atoms with Crippen molar-refractivity contribution >= 4 is 10.8 Å². The lowest BCUT2D eigenvalue weighted by molar-refractivity contribution is 0.522. The summed E-state index contributed by atoms with van der Waals surface area (Å²) in [7, 11) is 0. The van der Waals surface area contributed by atoms with Gasteiger partial charge in [-0.2, -0.15) is 5.10 Å². The Balaban J connectivity index is 1.80. The summed E-state index contributed by atoms with van der Waals surface area (Å²) in [5.74, 6) is 0. The first-order chi connectivity index (χ1) is 10.1. The number of nitrogens with zero attached hydrogens (tertiary/aromatic N) is 2. The Morgan fingerprint density at radius 1 is 1.05 bits per heavy atom. The number of hydrogen-bond donors (Lipinski definition) is 1. The van der Waals surface area contributed by atoms with E-state index < -0.39 is 0 Å². The van der Waals surface area contributed by atoms with E-state index in [1.54, 1.807) is 0 Å². The quantitative estimate of drug-likeness (QED) is 0.788. The number of rotatable bonds is 4. The zero-order valence-electron chi connectivity index (χ0n) is 12.5. The molecule has 108 valence electrons. The lowest BCUT2D eigenvalue weighted by Crippen LogP contribution is -2.14. The molecular weight excluding hydrogens is 258 g/mol. The van der Waals surface area contributed by atoms with Crippen molar-refractivity contribution in [2.75, 3.05) is 0 Å². The van der Waals surface area contributed by atoms with E-state index in [1.807, 2.05) is 10.9 Å². The fraction of sp³-hybridized carbons (Fsp3) is 0.278. The van der Waals surface area contributed by atoms with Crippen LogP contribution in [0.1, 0.15) is 37.2 Å². The minimum absolute atomic E-state index is 0.0230. The topological polar surface area (TPSA) is 43.8 Å². The van der Waals surface area contributed by atoms with Crippen molar-refractivity contribution in [2.45, 2.75) is 32.4 Å². The maximum absolute atomic E-state index is 6.35. The summed E-state index contributed by atoms with van der Waals surface area (Å²) < 4.78 is 1.97. The molecule has 1 aromatic heterocycles. The van der Waals surface area contributed by atoms with Crippen LogP contribution in [0.4, 0.5) is 0 Å². The molecule has 0 saturated heterocycles. The molecule has 3 heteroatoms. The van der Waals surface area contributed by atoms with Gasteiger partial charge in [0.2, 0.25) is 0 Å². The number of fused-ring (bicyclic) bond motifs is 1. The minimum atomic E-state index is -0.0230. The van der Waals surface area contributed by atoms with E-state index in [2.05, 4.69) is 67.5 Å². The van der Waals surface area contributed by atoms with Gasteiger partial charge in [0.05, 0.1) is 5.69 Å². The van der Waals surface area contributed by atoms with E-state index in [0.717, 1.165) is 17.7 Å². The van der Waals surface area contributed by atoms with Crippen LogP contribution in [0.5, 0.6) is 0 Å². The van der Waals surface area contributed by atoms with Gasteiger partial charge in [-0.05, 0) is 42.3 Å². The van der Waals surface area contributed by atoms with Gasteiger partial charge in [0.1, 0.15) is 0 Å². The van der Waals surface area contributed by atoms with Crippen LogP contribution in [-0.4, -0.2) is 9.78 Å². The molecule has 0 spiro atoms. The first kappa shape index (κ1) is 13.8. The predicted molar refractivity (Wildman–Crippen MR) is 87.2 cm³/mol. The summed E-state index contributed by atoms with van der Waals surface area (Å²) in [6, 6.07) is 17.2. The second kappa shape index (κ2) is 5.70. The molecule has 0 bridgehead atoms. The molecule has 3 nitrogen and oxygen atoms in total. The molecule has 3 aromatic rings. The zero-order chi connectivity index (χ0) is 14.8. The maximum Gasteiger partial charge on any atom is 0.0643 e. The third kappa shape index (κ3) is 2.98. The fourth-order valence-electron chi connectivity index (χ4n) is 2.56. The number of nitrogens with two attached hydrogens (primary N) is 1. The van der Waals surface area contributed by atoms with Gasteiger partial charge in [-0.25, -0.2) is 0 Å². The first-order valence-corrected chi connectivity index (χ1v) is 7.42. The lowest BCUT2D eigenvalue weighted by Gasteiger charge is -2.12. The molecule has 2 N–H and O–H groups in total. The van der Waals surface area contributed by atoms with Gasteiger partial charge in [0.15, 0.2) is 0 Å². The molecule has 0 amide bonds. The molecule has 1 heterocycles. The SMILES string of the molecule is CC(C)n1ccc(CC(N)c2ccc3ccccc3c2)n1. The molecule has 2 aromatic carbocycles. The van der Waals surface area contributed by atoms with Gasteiger partial charge in [-0.1, -0.05) is 36.4 Å². The van der Waals surface area contributed by atoms with E-state index in [1.165, 1.54) is 10.8 Å². The molecule has 1 unspecified atom stereocenters. The summed E-state index contributed by atoms with van der Waals surface area (Å²) in [5, 5.41) is 7.06. The van der Waals surface area contributed by atoms with Crippen molar-refractivity contribution in [1.29, 1.82) is 0 Å². The van der Waals surface area contributed by atoms with Crippen molar-refractivity contribution in [2.24, 2.45) is 5.73 Å². The van der Waals surface area contributed by atoms with Gasteiger partial charge in [0.25, 0.3) is 0 Å². The Bertz CT molecular complexity index is 743. The van der Waals surface area contributed by atoms with Crippen LogP contribution in [0.25, 0.3) is 10.8 Å². The normalized spacial score (nSPS) is 13.0. The summed E-state index contributed by atoms with van der Waals surface area (Å²) in [5.41, 5.74) is 8.56. The van der Waals surface area contributed by atoms with Crippen LogP contribution in [0.2, 0.25) is 0 Å². The maximum atomic E-state index is 6.35. The Morgan fingerprint density at radius 3 is 2.52 bits per heavy atom. The Kier molecular flexibility index (Phi) is 3.76. The highest BCUT2D eigenvalue weighted by molar-refractivity contribution is 5.83. The second-order valence-electron chi connectivity index (χ2n) is 5.80. The fourth-order valence-corrected chi connectivity index (χ4v) is 2.56. The van der Waals surface area contributed by atoms with Gasteiger partial charge >= 0.3 is 0 Å². The number of hydrogen-bond acceptors (Lipinski definition) is 2. The van der Waals surface area contributed by atoms with Crippen LogP contribution in [0.3, 0.4) is 0 Å². The van der Waals surface area contributed by atoms with Gasteiger partial charge in [0, 0.05) is 24.7 Å². The van der Waals surface area contributed by atoms with Crippen LogP contribution in [0, 0.1) is 0 Å². The second-order valence-corrected chi connectivity index (χ2v) is 5.80. The average molecular weight is 279 g/mol. The standard InChI is InChI=1S/C18H21N3/c1-13(2)21-10-9-17(20-21)12-18(19)16-8-7-14-5-3-4-6-15(14)11-16/h3-11,13,18H,12,19H2,1-2H3. The Labute approximate surface area is 125 Å². The predicted octanol–water partition coefficient (Wildman–Crippen LogP) is 3.86. The molecular formula is C18H21N3. The molecule has 0 radical (unpaired) electrons. The van der Waals surface area contributed by atoms with Gasteiger partial charge < -0.3 is 5.73 Å². The molecule has 21 heavy (non-hydrogen) atoms. The highest BCUT2D eigenvalue weighted by atomic mass is 15.3. The molecule has 0 aliphatic carbocycles. The van der Waals surface area contributed by atoms with Crippen LogP contribution in [-0.2, 0) is 6.42 Å². The number of aromatic nitrogens is 2. The molecule has 0 fully saturated rings. The van der Waals surface area contributed by atoms with Crippen molar-refractivity contribution in [3.05, 3.63) is 66.0 Å². The van der Waals surface area contributed by atoms with E-state index in [9.17, 15) is 0 Å². The monoisotopic (exact) mass is 279 g/mol. The molecule has 0 saturated carbocycles. The van der Waals surface area contributed by atoms with Crippen molar-refractivity contribution in [1.82, 2.24) is 9.78 Å². The minimum Gasteiger partial charge on any atom is -0.324 e.